The first-order valence-electron chi connectivity index (χ1n) is 11.1. The number of halogens is 1. The molecule has 0 aliphatic heterocycles. The van der Waals surface area contributed by atoms with Gasteiger partial charge in [0.1, 0.15) is 11.6 Å². The third-order valence-electron chi connectivity index (χ3n) is 5.21. The maximum absolute atomic E-state index is 13.5. The van der Waals surface area contributed by atoms with Crippen molar-refractivity contribution in [3.8, 4) is 0 Å². The van der Waals surface area contributed by atoms with E-state index in [1.807, 2.05) is 88.4 Å². The Morgan fingerprint density at radius 3 is 1.88 bits per heavy atom. The van der Waals surface area contributed by atoms with Crippen LogP contribution in [0.1, 0.15) is 49.5 Å². The van der Waals surface area contributed by atoms with E-state index in [1.54, 1.807) is 0 Å². The van der Waals surface area contributed by atoms with Gasteiger partial charge in [0.25, 0.3) is 0 Å². The first-order chi connectivity index (χ1) is 15.5. The Morgan fingerprint density at radius 2 is 1.34 bits per heavy atom. The quantitative estimate of drug-likeness (QED) is 0.379. The van der Waals surface area contributed by atoms with Gasteiger partial charge in [0.15, 0.2) is 5.78 Å². The molecule has 2 unspecified atom stereocenters. The SMILES string of the molecule is CC.CC(C)C(=O)C(CNc1ccccc1)C(C(=O)c1ccc(F)cc1)c1ccccc1. The molecule has 0 amide bonds. The van der Waals surface area contributed by atoms with E-state index >= 15 is 0 Å². The first-order valence-corrected chi connectivity index (χ1v) is 11.1. The van der Waals surface area contributed by atoms with Gasteiger partial charge >= 0.3 is 0 Å². The van der Waals surface area contributed by atoms with Crippen LogP contribution in [0, 0.1) is 17.7 Å². The zero-order chi connectivity index (χ0) is 23.5. The second kappa shape index (κ2) is 12.6. The summed E-state index contributed by atoms with van der Waals surface area (Å²) < 4.78 is 13.4. The highest BCUT2D eigenvalue weighted by Gasteiger charge is 2.36. The molecule has 3 nitrogen and oxygen atoms in total. The van der Waals surface area contributed by atoms with Gasteiger partial charge in [0.2, 0.25) is 0 Å². The average molecular weight is 434 g/mol. The van der Waals surface area contributed by atoms with Crippen LogP contribution in [0.5, 0.6) is 0 Å². The van der Waals surface area contributed by atoms with Gasteiger partial charge in [-0.15, -0.1) is 0 Å². The highest BCUT2D eigenvalue weighted by atomic mass is 19.1. The molecule has 0 aromatic heterocycles. The number of hydrogen-bond donors (Lipinski definition) is 1. The van der Waals surface area contributed by atoms with Crippen LogP contribution in [0.4, 0.5) is 10.1 Å². The van der Waals surface area contributed by atoms with Crippen molar-refractivity contribution < 1.29 is 14.0 Å². The summed E-state index contributed by atoms with van der Waals surface area (Å²) in [5, 5.41) is 3.31. The summed E-state index contributed by atoms with van der Waals surface area (Å²) >= 11 is 0. The van der Waals surface area contributed by atoms with Crippen molar-refractivity contribution in [1.82, 2.24) is 0 Å². The van der Waals surface area contributed by atoms with Gasteiger partial charge in [-0.2, -0.15) is 0 Å². The lowest BCUT2D eigenvalue weighted by Gasteiger charge is -2.28. The smallest absolute Gasteiger partial charge is 0.171 e. The predicted octanol–water partition coefficient (Wildman–Crippen LogP) is 6.77. The lowest BCUT2D eigenvalue weighted by molar-refractivity contribution is -0.125. The summed E-state index contributed by atoms with van der Waals surface area (Å²) in [5.41, 5.74) is 2.06. The Hall–Kier alpha value is -3.27. The van der Waals surface area contributed by atoms with Crippen molar-refractivity contribution in [2.75, 3.05) is 11.9 Å². The molecule has 4 heteroatoms. The summed E-state index contributed by atoms with van der Waals surface area (Å²) in [6.07, 6.45) is 0. The highest BCUT2D eigenvalue weighted by molar-refractivity contribution is 6.04. The van der Waals surface area contributed by atoms with Crippen molar-refractivity contribution in [3.05, 3.63) is 102 Å². The number of hydrogen-bond acceptors (Lipinski definition) is 3. The van der Waals surface area contributed by atoms with Gasteiger partial charge in [-0.25, -0.2) is 4.39 Å². The van der Waals surface area contributed by atoms with Crippen LogP contribution in [-0.2, 0) is 4.79 Å². The Bertz CT molecular complexity index is 969. The molecule has 0 saturated carbocycles. The van der Waals surface area contributed by atoms with Gasteiger partial charge in [-0.05, 0) is 42.0 Å². The van der Waals surface area contributed by atoms with Crippen molar-refractivity contribution in [1.29, 1.82) is 0 Å². The normalized spacial score (nSPS) is 12.3. The number of nitrogens with one attached hydrogen (secondary N) is 1. The first kappa shape index (κ1) is 25.0. The Labute approximate surface area is 190 Å². The number of Topliss-reactive ketones (excluding diaryl/α,β-unsaturated/α-hetero) is 2. The molecule has 0 spiro atoms. The third-order valence-corrected chi connectivity index (χ3v) is 5.21. The largest absolute Gasteiger partial charge is 0.384 e. The molecule has 1 N–H and O–H groups in total. The van der Waals surface area contributed by atoms with E-state index in [4.69, 9.17) is 0 Å². The van der Waals surface area contributed by atoms with Crippen LogP contribution in [0.3, 0.4) is 0 Å². The molecule has 3 rings (SSSR count). The molecule has 168 valence electrons. The zero-order valence-electron chi connectivity index (χ0n) is 19.2. The van der Waals surface area contributed by atoms with E-state index in [1.165, 1.54) is 24.3 Å². The van der Waals surface area contributed by atoms with Crippen molar-refractivity contribution in [3.63, 3.8) is 0 Å². The molecule has 3 aromatic rings. The molecule has 3 aromatic carbocycles. The topological polar surface area (TPSA) is 46.2 Å². The monoisotopic (exact) mass is 433 g/mol. The van der Waals surface area contributed by atoms with Crippen LogP contribution < -0.4 is 5.32 Å². The molecular weight excluding hydrogens is 401 g/mol. The molecule has 0 aliphatic rings. The van der Waals surface area contributed by atoms with Gasteiger partial charge in [0.05, 0.1) is 5.92 Å². The van der Waals surface area contributed by atoms with Gasteiger partial charge < -0.3 is 5.32 Å². The fraction of sp³-hybridized carbons (Fsp3) is 0.286. The van der Waals surface area contributed by atoms with Crippen LogP contribution in [-0.4, -0.2) is 18.1 Å². The van der Waals surface area contributed by atoms with E-state index in [2.05, 4.69) is 5.32 Å². The van der Waals surface area contributed by atoms with E-state index in [9.17, 15) is 14.0 Å². The zero-order valence-corrected chi connectivity index (χ0v) is 19.2. The lowest BCUT2D eigenvalue weighted by atomic mass is 9.76. The minimum Gasteiger partial charge on any atom is -0.384 e. The standard InChI is InChI=1S/C26H26FNO2.C2H6/c1-18(2)25(29)23(17-28-22-11-7-4-8-12-22)24(19-9-5-3-6-10-19)26(30)20-13-15-21(27)16-14-20;1-2/h3-16,18,23-24,28H,17H2,1-2H3;1-2H3. The van der Waals surface area contributed by atoms with E-state index in [0.717, 1.165) is 11.3 Å². The minimum absolute atomic E-state index is 0.0164. The molecule has 0 fully saturated rings. The summed E-state index contributed by atoms with van der Waals surface area (Å²) in [7, 11) is 0. The maximum atomic E-state index is 13.5. The second-order valence-electron chi connectivity index (χ2n) is 7.67. The average Bonchev–Trinajstić information content (AvgIpc) is 2.84. The van der Waals surface area contributed by atoms with Crippen molar-refractivity contribution >= 4 is 17.3 Å². The van der Waals surface area contributed by atoms with Crippen molar-refractivity contribution in [2.24, 2.45) is 11.8 Å². The number of para-hydroxylation sites is 1. The lowest BCUT2D eigenvalue weighted by Crippen LogP contribution is -2.36. The third kappa shape index (κ3) is 6.61. The van der Waals surface area contributed by atoms with Gasteiger partial charge in [-0.3, -0.25) is 9.59 Å². The predicted molar refractivity (Wildman–Crippen MR) is 130 cm³/mol. The summed E-state index contributed by atoms with van der Waals surface area (Å²) in [4.78, 5) is 26.8. The second-order valence-corrected chi connectivity index (χ2v) is 7.67. The van der Waals surface area contributed by atoms with Gasteiger partial charge in [-0.1, -0.05) is 76.2 Å². The van der Waals surface area contributed by atoms with Crippen molar-refractivity contribution in [2.45, 2.75) is 33.6 Å². The summed E-state index contributed by atoms with van der Waals surface area (Å²) in [6.45, 7) is 8.03. The molecule has 2 atom stereocenters. The molecule has 0 saturated heterocycles. The highest BCUT2D eigenvalue weighted by Crippen LogP contribution is 2.32. The Kier molecular flexibility index (Phi) is 9.80. The fourth-order valence-electron chi connectivity index (χ4n) is 3.62. The fourth-order valence-corrected chi connectivity index (χ4v) is 3.62. The number of ketones is 2. The number of carbonyl (C=O) groups is 2. The number of anilines is 1. The minimum atomic E-state index is -0.664. The molecular formula is C28H32FNO2. The Balaban J connectivity index is 0.00000176. The maximum Gasteiger partial charge on any atom is 0.171 e. The van der Waals surface area contributed by atoms with Crippen LogP contribution in [0.2, 0.25) is 0 Å². The molecule has 0 heterocycles. The Morgan fingerprint density at radius 1 is 0.812 bits per heavy atom. The van der Waals surface area contributed by atoms with Crippen LogP contribution >= 0.6 is 0 Å². The van der Waals surface area contributed by atoms with E-state index in [0.29, 0.717) is 12.1 Å². The molecule has 0 bridgehead atoms. The summed E-state index contributed by atoms with van der Waals surface area (Å²) in [6, 6.07) is 24.5. The number of rotatable bonds is 9. The van der Waals surface area contributed by atoms with Crippen LogP contribution in [0.25, 0.3) is 0 Å². The number of carbonyl (C=O) groups excluding carboxylic acids is 2. The summed E-state index contributed by atoms with van der Waals surface area (Å²) in [5.74, 6) is -2.02. The van der Waals surface area contributed by atoms with Crippen LogP contribution in [0.15, 0.2) is 84.9 Å². The van der Waals surface area contributed by atoms with Gasteiger partial charge in [0, 0.05) is 29.6 Å². The number of benzene rings is 3. The molecule has 32 heavy (non-hydrogen) atoms. The molecule has 0 radical (unpaired) electrons. The van der Waals surface area contributed by atoms with E-state index in [-0.39, 0.29) is 17.5 Å². The van der Waals surface area contributed by atoms with E-state index < -0.39 is 17.7 Å². The molecule has 0 aliphatic carbocycles.